The van der Waals surface area contributed by atoms with Gasteiger partial charge in [0.25, 0.3) is 0 Å². The van der Waals surface area contributed by atoms with Crippen LogP contribution in [0, 0.1) is 6.92 Å². The van der Waals surface area contributed by atoms with Gasteiger partial charge in [-0.15, -0.1) is 0 Å². The first-order chi connectivity index (χ1) is 13.5. The van der Waals surface area contributed by atoms with Crippen LogP contribution in [0.25, 0.3) is 0 Å². The lowest BCUT2D eigenvalue weighted by molar-refractivity contribution is 0.282. The summed E-state index contributed by atoms with van der Waals surface area (Å²) >= 11 is 15.8. The average Bonchev–Trinajstić information content (AvgIpc) is 2.68. The van der Waals surface area contributed by atoms with Crippen molar-refractivity contribution in [1.29, 1.82) is 0 Å². The molecule has 0 amide bonds. The van der Waals surface area contributed by atoms with Crippen LogP contribution in [0.2, 0.25) is 10.0 Å². The van der Waals surface area contributed by atoms with E-state index in [9.17, 15) is 0 Å². The van der Waals surface area contributed by atoms with Crippen molar-refractivity contribution in [3.8, 4) is 11.5 Å². The van der Waals surface area contributed by atoms with Crippen LogP contribution >= 0.6 is 39.1 Å². The summed E-state index contributed by atoms with van der Waals surface area (Å²) in [5.41, 5.74) is 3.61. The molecule has 3 aromatic carbocycles. The SMILES string of the molecule is COc1cc(C=Nc2cccc(Cl)c2C)cc(Br)c1OCc1cccc(Cl)c1. The fourth-order valence-electron chi connectivity index (χ4n) is 2.62. The fraction of sp³-hybridized carbons (Fsp3) is 0.136. The van der Waals surface area contributed by atoms with Crippen molar-refractivity contribution in [2.75, 3.05) is 7.11 Å². The van der Waals surface area contributed by atoms with Gasteiger partial charge >= 0.3 is 0 Å². The van der Waals surface area contributed by atoms with E-state index in [-0.39, 0.29) is 0 Å². The van der Waals surface area contributed by atoms with E-state index in [0.717, 1.165) is 26.9 Å². The van der Waals surface area contributed by atoms with E-state index >= 15 is 0 Å². The first kappa shape index (κ1) is 20.7. The minimum absolute atomic E-state index is 0.380. The number of methoxy groups -OCH3 is 1. The quantitative estimate of drug-likeness (QED) is 0.345. The molecule has 6 heteroatoms. The van der Waals surface area contributed by atoms with E-state index in [2.05, 4.69) is 20.9 Å². The molecule has 0 aromatic heterocycles. The van der Waals surface area contributed by atoms with Gasteiger partial charge in [-0.25, -0.2) is 0 Å². The maximum atomic E-state index is 6.16. The number of halogens is 3. The lowest BCUT2D eigenvalue weighted by Gasteiger charge is -2.13. The number of aliphatic imine (C=N–C) groups is 1. The van der Waals surface area contributed by atoms with Crippen molar-refractivity contribution < 1.29 is 9.47 Å². The van der Waals surface area contributed by atoms with E-state index in [4.69, 9.17) is 32.7 Å². The minimum atomic E-state index is 0.380. The Bertz CT molecular complexity index is 1020. The van der Waals surface area contributed by atoms with Crippen LogP contribution in [0.1, 0.15) is 16.7 Å². The van der Waals surface area contributed by atoms with Crippen LogP contribution in [-0.2, 0) is 6.61 Å². The molecule has 3 rings (SSSR count). The Kier molecular flexibility index (Phi) is 7.00. The van der Waals surface area contributed by atoms with Gasteiger partial charge in [0, 0.05) is 16.3 Å². The summed E-state index contributed by atoms with van der Waals surface area (Å²) in [7, 11) is 1.61. The van der Waals surface area contributed by atoms with E-state index in [1.54, 1.807) is 13.3 Å². The third-order valence-electron chi connectivity index (χ3n) is 4.12. The first-order valence-corrected chi connectivity index (χ1v) is 10.1. The predicted octanol–water partition coefficient (Wildman–Crippen LogP) is 7.40. The molecule has 0 atom stereocenters. The normalized spacial score (nSPS) is 11.0. The lowest BCUT2D eigenvalue weighted by Crippen LogP contribution is -1.99. The van der Waals surface area contributed by atoms with Crippen molar-refractivity contribution in [1.82, 2.24) is 0 Å². The van der Waals surface area contributed by atoms with E-state index in [1.165, 1.54) is 0 Å². The van der Waals surface area contributed by atoms with Gasteiger partial charge in [0.15, 0.2) is 11.5 Å². The molecule has 3 aromatic rings. The lowest BCUT2D eigenvalue weighted by atomic mass is 10.2. The van der Waals surface area contributed by atoms with Gasteiger partial charge in [0.05, 0.1) is 17.3 Å². The van der Waals surface area contributed by atoms with Gasteiger partial charge in [-0.05, 0) is 75.9 Å². The monoisotopic (exact) mass is 477 g/mol. The summed E-state index contributed by atoms with van der Waals surface area (Å²) in [6, 6.07) is 17.0. The summed E-state index contributed by atoms with van der Waals surface area (Å²) in [6.45, 7) is 2.32. The molecule has 0 unspecified atom stereocenters. The van der Waals surface area contributed by atoms with Gasteiger partial charge in [-0.2, -0.15) is 0 Å². The standard InChI is InChI=1S/C22H18BrCl2NO2/c1-14-19(25)7-4-8-20(14)26-12-16-10-18(23)22(21(11-16)27-2)28-13-15-5-3-6-17(24)9-15/h3-12H,13H2,1-2H3. The highest BCUT2D eigenvalue weighted by atomic mass is 79.9. The Balaban J connectivity index is 1.83. The van der Waals surface area contributed by atoms with Gasteiger partial charge < -0.3 is 9.47 Å². The average molecular weight is 479 g/mol. The molecule has 0 saturated heterocycles. The summed E-state index contributed by atoms with van der Waals surface area (Å²) in [5, 5.41) is 1.37. The molecule has 0 radical (unpaired) electrons. The molecule has 0 saturated carbocycles. The number of hydrogen-bond donors (Lipinski definition) is 0. The first-order valence-electron chi connectivity index (χ1n) is 8.52. The van der Waals surface area contributed by atoms with E-state index in [1.807, 2.05) is 61.5 Å². The van der Waals surface area contributed by atoms with Crippen molar-refractivity contribution in [2.24, 2.45) is 4.99 Å². The number of hydrogen-bond acceptors (Lipinski definition) is 3. The summed E-state index contributed by atoms with van der Waals surface area (Å²) < 4.78 is 12.2. The van der Waals surface area contributed by atoms with Gasteiger partial charge in [-0.1, -0.05) is 41.4 Å². The molecule has 0 fully saturated rings. The zero-order valence-corrected chi connectivity index (χ0v) is 18.5. The van der Waals surface area contributed by atoms with Crippen LogP contribution in [0.15, 0.2) is 64.1 Å². The molecule has 0 heterocycles. The van der Waals surface area contributed by atoms with Crippen molar-refractivity contribution in [2.45, 2.75) is 13.5 Å². The summed E-state index contributed by atoms with van der Waals surface area (Å²) in [5.74, 6) is 1.24. The van der Waals surface area contributed by atoms with Crippen LogP contribution in [0.3, 0.4) is 0 Å². The van der Waals surface area contributed by atoms with E-state index < -0.39 is 0 Å². The molecule has 0 bridgehead atoms. The highest BCUT2D eigenvalue weighted by Crippen LogP contribution is 2.37. The molecule has 0 aliphatic heterocycles. The third kappa shape index (κ3) is 5.07. The summed E-state index contributed by atoms with van der Waals surface area (Å²) in [4.78, 5) is 4.55. The largest absolute Gasteiger partial charge is 0.493 e. The molecular formula is C22H18BrCl2NO2. The van der Waals surface area contributed by atoms with Crippen LogP contribution in [0.5, 0.6) is 11.5 Å². The number of benzene rings is 3. The molecule has 0 spiro atoms. The second kappa shape index (κ2) is 9.46. The molecule has 3 nitrogen and oxygen atoms in total. The smallest absolute Gasteiger partial charge is 0.175 e. The van der Waals surface area contributed by atoms with Gasteiger partial charge in [0.1, 0.15) is 6.61 Å². The Morgan fingerprint density at radius 2 is 1.86 bits per heavy atom. The highest BCUT2D eigenvalue weighted by molar-refractivity contribution is 9.10. The molecule has 144 valence electrons. The van der Waals surface area contributed by atoms with Gasteiger partial charge in [-0.3, -0.25) is 4.99 Å². The zero-order valence-electron chi connectivity index (χ0n) is 15.4. The second-order valence-electron chi connectivity index (χ2n) is 6.09. The Morgan fingerprint density at radius 3 is 2.61 bits per heavy atom. The molecule has 0 aliphatic carbocycles. The van der Waals surface area contributed by atoms with Crippen molar-refractivity contribution in [3.05, 3.63) is 85.8 Å². The Morgan fingerprint density at radius 1 is 1.07 bits per heavy atom. The topological polar surface area (TPSA) is 30.8 Å². The van der Waals surface area contributed by atoms with E-state index in [0.29, 0.717) is 28.2 Å². The maximum absolute atomic E-state index is 6.16. The Labute approximate surface area is 183 Å². The third-order valence-corrected chi connectivity index (χ3v) is 5.35. The molecule has 28 heavy (non-hydrogen) atoms. The number of rotatable bonds is 6. The van der Waals surface area contributed by atoms with Gasteiger partial charge in [0.2, 0.25) is 0 Å². The van der Waals surface area contributed by atoms with Crippen LogP contribution in [0.4, 0.5) is 5.69 Å². The Hall–Kier alpha value is -2.01. The summed E-state index contributed by atoms with van der Waals surface area (Å²) in [6.07, 6.45) is 1.77. The van der Waals surface area contributed by atoms with Crippen LogP contribution < -0.4 is 9.47 Å². The fourth-order valence-corrected chi connectivity index (χ4v) is 3.57. The number of nitrogens with zero attached hydrogens (tertiary/aromatic N) is 1. The van der Waals surface area contributed by atoms with Crippen molar-refractivity contribution >= 4 is 51.0 Å². The molecular weight excluding hydrogens is 461 g/mol. The maximum Gasteiger partial charge on any atom is 0.175 e. The highest BCUT2D eigenvalue weighted by Gasteiger charge is 2.12. The predicted molar refractivity (Wildman–Crippen MR) is 120 cm³/mol. The zero-order chi connectivity index (χ0) is 20.1. The minimum Gasteiger partial charge on any atom is -0.493 e. The number of ether oxygens (including phenoxy) is 2. The van der Waals surface area contributed by atoms with Crippen LogP contribution in [-0.4, -0.2) is 13.3 Å². The molecule has 0 N–H and O–H groups in total. The second-order valence-corrected chi connectivity index (χ2v) is 7.79. The van der Waals surface area contributed by atoms with Crippen molar-refractivity contribution in [3.63, 3.8) is 0 Å². The molecule has 0 aliphatic rings.